The lowest BCUT2D eigenvalue weighted by atomic mass is 9.98. The van der Waals surface area contributed by atoms with E-state index in [-0.39, 0.29) is 0 Å². The zero-order valence-corrected chi connectivity index (χ0v) is 9.20. The number of aromatic nitrogens is 1. The fourth-order valence-electron chi connectivity index (χ4n) is 2.00. The van der Waals surface area contributed by atoms with Crippen LogP contribution in [0.25, 0.3) is 0 Å². The van der Waals surface area contributed by atoms with Crippen molar-refractivity contribution in [2.24, 2.45) is 0 Å². The van der Waals surface area contributed by atoms with Gasteiger partial charge in [-0.25, -0.2) is 4.98 Å². The van der Waals surface area contributed by atoms with Crippen molar-refractivity contribution in [3.8, 4) is 5.75 Å². The molecule has 0 atom stereocenters. The summed E-state index contributed by atoms with van der Waals surface area (Å²) in [4.78, 5) is 4.16. The summed E-state index contributed by atoms with van der Waals surface area (Å²) in [5, 5.41) is 3.01. The third-order valence-electron chi connectivity index (χ3n) is 2.84. The molecule has 3 heteroatoms. The average Bonchev–Trinajstić information content (AvgIpc) is 2.31. The van der Waals surface area contributed by atoms with Crippen LogP contribution in [0.1, 0.15) is 32.1 Å². The van der Waals surface area contributed by atoms with Crippen molar-refractivity contribution in [1.29, 1.82) is 0 Å². The lowest BCUT2D eigenvalue weighted by Gasteiger charge is -2.23. The van der Waals surface area contributed by atoms with Gasteiger partial charge in [0.05, 0.1) is 6.10 Å². The van der Waals surface area contributed by atoms with Gasteiger partial charge in [-0.1, -0.05) is 6.42 Å². The minimum Gasteiger partial charge on any atom is -0.490 e. The van der Waals surface area contributed by atoms with Gasteiger partial charge in [0.1, 0.15) is 11.6 Å². The predicted octanol–water partition coefficient (Wildman–Crippen LogP) is 2.83. The van der Waals surface area contributed by atoms with E-state index in [0.717, 1.165) is 11.6 Å². The average molecular weight is 206 g/mol. The largest absolute Gasteiger partial charge is 0.490 e. The van der Waals surface area contributed by atoms with Crippen molar-refractivity contribution in [3.05, 3.63) is 18.3 Å². The quantitative estimate of drug-likeness (QED) is 0.825. The summed E-state index contributed by atoms with van der Waals surface area (Å²) < 4.78 is 5.92. The molecule has 0 amide bonds. The number of pyridine rings is 1. The molecule has 1 aromatic heterocycles. The van der Waals surface area contributed by atoms with E-state index in [9.17, 15) is 0 Å². The molecule has 82 valence electrons. The monoisotopic (exact) mass is 206 g/mol. The van der Waals surface area contributed by atoms with Gasteiger partial charge in [0, 0.05) is 19.3 Å². The first-order chi connectivity index (χ1) is 7.38. The Morgan fingerprint density at radius 1 is 1.33 bits per heavy atom. The zero-order chi connectivity index (χ0) is 10.5. The molecule has 0 aromatic carbocycles. The summed E-state index contributed by atoms with van der Waals surface area (Å²) in [6, 6.07) is 3.88. The van der Waals surface area contributed by atoms with Crippen molar-refractivity contribution in [1.82, 2.24) is 4.98 Å². The Kier molecular flexibility index (Phi) is 3.43. The smallest absolute Gasteiger partial charge is 0.129 e. The predicted molar refractivity (Wildman–Crippen MR) is 61.3 cm³/mol. The molecule has 0 saturated heterocycles. The van der Waals surface area contributed by atoms with Crippen LogP contribution < -0.4 is 10.1 Å². The molecule has 1 saturated carbocycles. The summed E-state index contributed by atoms with van der Waals surface area (Å²) in [5.74, 6) is 1.80. The van der Waals surface area contributed by atoms with Crippen LogP contribution in [0.15, 0.2) is 18.3 Å². The van der Waals surface area contributed by atoms with Gasteiger partial charge in [-0.2, -0.15) is 0 Å². The van der Waals surface area contributed by atoms with Crippen molar-refractivity contribution in [2.75, 3.05) is 12.4 Å². The Balaban J connectivity index is 1.96. The normalized spacial score (nSPS) is 17.4. The number of anilines is 1. The first-order valence-electron chi connectivity index (χ1n) is 5.69. The second kappa shape index (κ2) is 5.01. The Bertz CT molecular complexity index is 308. The first-order valence-corrected chi connectivity index (χ1v) is 5.69. The molecule has 0 spiro atoms. The van der Waals surface area contributed by atoms with E-state index in [0.29, 0.717) is 6.10 Å². The Morgan fingerprint density at radius 3 is 2.87 bits per heavy atom. The van der Waals surface area contributed by atoms with Crippen LogP contribution in [0, 0.1) is 0 Å². The number of nitrogens with zero attached hydrogens (tertiary/aromatic N) is 1. The molecule has 0 aliphatic heterocycles. The van der Waals surface area contributed by atoms with Gasteiger partial charge in [-0.05, 0) is 31.7 Å². The summed E-state index contributed by atoms with van der Waals surface area (Å²) in [5.41, 5.74) is 0. The molecule has 1 aliphatic rings. The standard InChI is InChI=1S/C12H18N2O/c1-13-12-9-11(7-8-14-12)15-10-5-3-2-4-6-10/h7-10H,2-6H2,1H3,(H,13,14). The highest BCUT2D eigenvalue weighted by atomic mass is 16.5. The Hall–Kier alpha value is -1.25. The van der Waals surface area contributed by atoms with E-state index >= 15 is 0 Å². The molecular formula is C12H18N2O. The van der Waals surface area contributed by atoms with Crippen molar-refractivity contribution in [2.45, 2.75) is 38.2 Å². The van der Waals surface area contributed by atoms with Gasteiger partial charge in [-0.3, -0.25) is 0 Å². The molecule has 2 rings (SSSR count). The van der Waals surface area contributed by atoms with Gasteiger partial charge in [0.2, 0.25) is 0 Å². The molecule has 0 radical (unpaired) electrons. The van der Waals surface area contributed by atoms with Crippen LogP contribution in [0.2, 0.25) is 0 Å². The van der Waals surface area contributed by atoms with Gasteiger partial charge < -0.3 is 10.1 Å². The van der Waals surface area contributed by atoms with Crippen LogP contribution in [-0.4, -0.2) is 18.1 Å². The van der Waals surface area contributed by atoms with E-state index in [1.165, 1.54) is 32.1 Å². The fraction of sp³-hybridized carbons (Fsp3) is 0.583. The molecule has 3 nitrogen and oxygen atoms in total. The maximum atomic E-state index is 5.92. The Morgan fingerprint density at radius 2 is 2.13 bits per heavy atom. The van der Waals surface area contributed by atoms with Crippen molar-refractivity contribution < 1.29 is 4.74 Å². The highest BCUT2D eigenvalue weighted by molar-refractivity contribution is 5.39. The van der Waals surface area contributed by atoms with E-state index in [1.54, 1.807) is 6.20 Å². The van der Waals surface area contributed by atoms with Gasteiger partial charge in [0.25, 0.3) is 0 Å². The highest BCUT2D eigenvalue weighted by Crippen LogP contribution is 2.24. The molecule has 0 unspecified atom stereocenters. The number of hydrogen-bond acceptors (Lipinski definition) is 3. The maximum absolute atomic E-state index is 5.92. The van der Waals surface area contributed by atoms with E-state index < -0.39 is 0 Å². The summed E-state index contributed by atoms with van der Waals surface area (Å²) in [7, 11) is 1.87. The first kappa shape index (κ1) is 10.3. The minimum atomic E-state index is 0.408. The van der Waals surface area contributed by atoms with E-state index in [2.05, 4.69) is 10.3 Å². The number of nitrogens with one attached hydrogen (secondary N) is 1. The zero-order valence-electron chi connectivity index (χ0n) is 9.20. The third-order valence-corrected chi connectivity index (χ3v) is 2.84. The van der Waals surface area contributed by atoms with E-state index in [4.69, 9.17) is 4.74 Å². The topological polar surface area (TPSA) is 34.1 Å². The van der Waals surface area contributed by atoms with Crippen LogP contribution in [-0.2, 0) is 0 Å². The fourth-order valence-corrected chi connectivity index (χ4v) is 2.00. The molecule has 1 fully saturated rings. The van der Waals surface area contributed by atoms with Crippen LogP contribution >= 0.6 is 0 Å². The van der Waals surface area contributed by atoms with E-state index in [1.807, 2.05) is 19.2 Å². The highest BCUT2D eigenvalue weighted by Gasteiger charge is 2.14. The molecule has 0 bridgehead atoms. The van der Waals surface area contributed by atoms with Crippen LogP contribution in [0.4, 0.5) is 5.82 Å². The number of hydrogen-bond donors (Lipinski definition) is 1. The lowest BCUT2D eigenvalue weighted by Crippen LogP contribution is -2.19. The van der Waals surface area contributed by atoms with Gasteiger partial charge >= 0.3 is 0 Å². The van der Waals surface area contributed by atoms with Crippen molar-refractivity contribution >= 4 is 5.82 Å². The summed E-state index contributed by atoms with van der Waals surface area (Å²) >= 11 is 0. The summed E-state index contributed by atoms with van der Waals surface area (Å²) in [6.45, 7) is 0. The van der Waals surface area contributed by atoms with Crippen LogP contribution in [0.3, 0.4) is 0 Å². The molecular weight excluding hydrogens is 188 g/mol. The molecule has 1 heterocycles. The second-order valence-electron chi connectivity index (χ2n) is 4.00. The molecule has 1 aliphatic carbocycles. The molecule has 1 aromatic rings. The third kappa shape index (κ3) is 2.85. The molecule has 15 heavy (non-hydrogen) atoms. The second-order valence-corrected chi connectivity index (χ2v) is 4.00. The Labute approximate surface area is 90.9 Å². The maximum Gasteiger partial charge on any atom is 0.129 e. The minimum absolute atomic E-state index is 0.408. The van der Waals surface area contributed by atoms with Gasteiger partial charge in [-0.15, -0.1) is 0 Å². The van der Waals surface area contributed by atoms with Crippen LogP contribution in [0.5, 0.6) is 5.75 Å². The summed E-state index contributed by atoms with van der Waals surface area (Å²) in [6.07, 6.45) is 8.53. The lowest BCUT2D eigenvalue weighted by molar-refractivity contribution is 0.155. The number of rotatable bonds is 3. The SMILES string of the molecule is CNc1cc(OC2CCCCC2)ccn1. The number of ether oxygens (including phenoxy) is 1. The van der Waals surface area contributed by atoms with Crippen molar-refractivity contribution in [3.63, 3.8) is 0 Å². The molecule has 1 N–H and O–H groups in total. The van der Waals surface area contributed by atoms with Gasteiger partial charge in [0.15, 0.2) is 0 Å².